The van der Waals surface area contributed by atoms with Crippen LogP contribution in [0, 0.1) is 0 Å². The predicted molar refractivity (Wildman–Crippen MR) is 143 cm³/mol. The number of anilines is 2. The molecule has 0 bridgehead atoms. The number of aliphatic hydroxyl groups excluding tert-OH is 1. The molecular formula is C30H32N2O4. The third-order valence-corrected chi connectivity index (χ3v) is 6.29. The maximum absolute atomic E-state index is 13.5. The molecule has 0 radical (unpaired) electrons. The molecule has 1 unspecified atom stereocenters. The predicted octanol–water partition coefficient (Wildman–Crippen LogP) is 5.64. The van der Waals surface area contributed by atoms with Crippen molar-refractivity contribution in [1.82, 2.24) is 0 Å². The van der Waals surface area contributed by atoms with Gasteiger partial charge in [-0.25, -0.2) is 0 Å². The first kappa shape index (κ1) is 25.0. The van der Waals surface area contributed by atoms with Gasteiger partial charge in [-0.3, -0.25) is 14.5 Å². The number of ketones is 1. The molecular weight excluding hydrogens is 452 g/mol. The largest absolute Gasteiger partial charge is 0.503 e. The molecule has 4 rings (SSSR count). The highest BCUT2D eigenvalue weighted by Gasteiger charge is 2.44. The molecule has 0 aliphatic carbocycles. The summed E-state index contributed by atoms with van der Waals surface area (Å²) in [5.74, 6) is -0.693. The summed E-state index contributed by atoms with van der Waals surface area (Å²) in [5, 5.41) is 11.0. The van der Waals surface area contributed by atoms with Gasteiger partial charge in [-0.15, -0.1) is 0 Å². The van der Waals surface area contributed by atoms with Gasteiger partial charge in [0.1, 0.15) is 5.75 Å². The van der Waals surface area contributed by atoms with Crippen molar-refractivity contribution in [3.63, 3.8) is 0 Å². The van der Waals surface area contributed by atoms with Crippen molar-refractivity contribution in [3.05, 3.63) is 101 Å². The van der Waals surface area contributed by atoms with Crippen molar-refractivity contribution in [2.75, 3.05) is 30.5 Å². The molecule has 1 N–H and O–H groups in total. The zero-order chi connectivity index (χ0) is 25.7. The van der Waals surface area contributed by atoms with Gasteiger partial charge in [0.2, 0.25) is 0 Å². The summed E-state index contributed by atoms with van der Waals surface area (Å²) < 4.78 is 5.78. The fourth-order valence-corrected chi connectivity index (χ4v) is 4.41. The number of benzene rings is 3. The molecule has 1 atom stereocenters. The van der Waals surface area contributed by atoms with Gasteiger partial charge in [0.05, 0.1) is 18.2 Å². The Labute approximate surface area is 212 Å². The minimum Gasteiger partial charge on any atom is -0.503 e. The SMILES string of the molecule is CCCOc1cccc(N2C(=O)C(O)=C(C(=O)CCc3ccccc3)C2c2ccc(N(C)C)cc2)c1. The number of Topliss-reactive ketones (excluding diaryl/α,β-unsaturated/α-hetero) is 1. The van der Waals surface area contributed by atoms with Gasteiger partial charge in [-0.05, 0) is 48.2 Å². The van der Waals surface area contributed by atoms with Gasteiger partial charge < -0.3 is 14.7 Å². The van der Waals surface area contributed by atoms with Gasteiger partial charge in [0.15, 0.2) is 11.5 Å². The lowest BCUT2D eigenvalue weighted by molar-refractivity contribution is -0.118. The molecule has 6 nitrogen and oxygen atoms in total. The molecule has 0 saturated heterocycles. The number of aryl methyl sites for hydroxylation is 1. The maximum Gasteiger partial charge on any atom is 0.294 e. The topological polar surface area (TPSA) is 70.1 Å². The van der Waals surface area contributed by atoms with E-state index in [1.165, 1.54) is 4.90 Å². The van der Waals surface area contributed by atoms with Crippen LogP contribution in [-0.4, -0.2) is 37.5 Å². The molecule has 0 fully saturated rings. The van der Waals surface area contributed by atoms with E-state index in [9.17, 15) is 14.7 Å². The number of aliphatic hydroxyl groups is 1. The zero-order valence-electron chi connectivity index (χ0n) is 21.0. The van der Waals surface area contributed by atoms with E-state index in [0.717, 1.165) is 23.2 Å². The summed E-state index contributed by atoms with van der Waals surface area (Å²) in [6.07, 6.45) is 1.57. The third-order valence-electron chi connectivity index (χ3n) is 6.29. The van der Waals surface area contributed by atoms with Crippen LogP contribution in [0.15, 0.2) is 90.2 Å². The van der Waals surface area contributed by atoms with E-state index in [0.29, 0.717) is 24.5 Å². The molecule has 186 valence electrons. The smallest absolute Gasteiger partial charge is 0.294 e. The Balaban J connectivity index is 1.72. The molecule has 1 aliphatic rings. The second kappa shape index (κ2) is 11.1. The van der Waals surface area contributed by atoms with Gasteiger partial charge in [0, 0.05) is 38.0 Å². The Hall–Kier alpha value is -4.06. The van der Waals surface area contributed by atoms with Crippen molar-refractivity contribution >= 4 is 23.1 Å². The van der Waals surface area contributed by atoms with Crippen LogP contribution in [-0.2, 0) is 16.0 Å². The number of carbonyl (C=O) groups is 2. The Morgan fingerprint density at radius 1 is 1.00 bits per heavy atom. The minimum atomic E-state index is -0.738. The number of ether oxygens (including phenoxy) is 1. The lowest BCUT2D eigenvalue weighted by Gasteiger charge is -2.27. The van der Waals surface area contributed by atoms with Crippen LogP contribution in [0.25, 0.3) is 0 Å². The number of carbonyl (C=O) groups excluding carboxylic acids is 2. The van der Waals surface area contributed by atoms with E-state index >= 15 is 0 Å². The highest BCUT2D eigenvalue weighted by Crippen LogP contribution is 2.42. The summed E-state index contributed by atoms with van der Waals surface area (Å²) in [6.45, 7) is 2.58. The normalized spacial score (nSPS) is 15.4. The first-order valence-corrected chi connectivity index (χ1v) is 12.2. The lowest BCUT2D eigenvalue weighted by atomic mass is 9.93. The van der Waals surface area contributed by atoms with Crippen LogP contribution < -0.4 is 14.5 Å². The van der Waals surface area contributed by atoms with Crippen LogP contribution in [0.3, 0.4) is 0 Å². The molecule has 1 aliphatic heterocycles. The van der Waals surface area contributed by atoms with Gasteiger partial charge in [0.25, 0.3) is 5.91 Å². The van der Waals surface area contributed by atoms with Crippen molar-refractivity contribution in [2.24, 2.45) is 0 Å². The first-order valence-electron chi connectivity index (χ1n) is 12.2. The average molecular weight is 485 g/mol. The number of nitrogens with zero attached hydrogens (tertiary/aromatic N) is 2. The molecule has 0 spiro atoms. The molecule has 0 aromatic heterocycles. The molecule has 36 heavy (non-hydrogen) atoms. The molecule has 0 saturated carbocycles. The third kappa shape index (κ3) is 5.28. The van der Waals surface area contributed by atoms with Gasteiger partial charge >= 0.3 is 0 Å². The van der Waals surface area contributed by atoms with Crippen LogP contribution >= 0.6 is 0 Å². The van der Waals surface area contributed by atoms with Crippen LogP contribution in [0.2, 0.25) is 0 Å². The van der Waals surface area contributed by atoms with Crippen molar-refractivity contribution in [3.8, 4) is 5.75 Å². The number of rotatable bonds is 10. The van der Waals surface area contributed by atoms with E-state index < -0.39 is 17.7 Å². The van der Waals surface area contributed by atoms with E-state index in [4.69, 9.17) is 4.74 Å². The fourth-order valence-electron chi connectivity index (χ4n) is 4.41. The average Bonchev–Trinajstić information content (AvgIpc) is 3.17. The Bertz CT molecular complexity index is 1250. The van der Waals surface area contributed by atoms with Crippen LogP contribution in [0.1, 0.15) is 36.9 Å². The minimum absolute atomic E-state index is 0.133. The Kier molecular flexibility index (Phi) is 7.74. The fraction of sp³-hybridized carbons (Fsp3) is 0.267. The first-order chi connectivity index (χ1) is 17.4. The highest BCUT2D eigenvalue weighted by atomic mass is 16.5. The van der Waals surface area contributed by atoms with E-state index in [2.05, 4.69) is 0 Å². The van der Waals surface area contributed by atoms with Crippen LogP contribution in [0.4, 0.5) is 11.4 Å². The molecule has 3 aromatic carbocycles. The van der Waals surface area contributed by atoms with Crippen molar-refractivity contribution < 1.29 is 19.4 Å². The van der Waals surface area contributed by atoms with Gasteiger partial charge in [-0.2, -0.15) is 0 Å². The lowest BCUT2D eigenvalue weighted by Crippen LogP contribution is -2.31. The summed E-state index contributed by atoms with van der Waals surface area (Å²) >= 11 is 0. The maximum atomic E-state index is 13.5. The highest BCUT2D eigenvalue weighted by molar-refractivity contribution is 6.16. The summed E-state index contributed by atoms with van der Waals surface area (Å²) in [4.78, 5) is 30.4. The van der Waals surface area contributed by atoms with Gasteiger partial charge in [-0.1, -0.05) is 55.5 Å². The second-order valence-electron chi connectivity index (χ2n) is 9.08. The summed E-state index contributed by atoms with van der Waals surface area (Å²) in [7, 11) is 3.90. The summed E-state index contributed by atoms with van der Waals surface area (Å²) in [5.41, 5.74) is 3.47. The molecule has 6 heteroatoms. The quantitative estimate of drug-likeness (QED) is 0.403. The van der Waals surface area contributed by atoms with Crippen molar-refractivity contribution in [1.29, 1.82) is 0 Å². The Morgan fingerprint density at radius 3 is 2.39 bits per heavy atom. The van der Waals surface area contributed by atoms with E-state index in [1.54, 1.807) is 12.1 Å². The number of amides is 1. The molecule has 1 heterocycles. The van der Waals surface area contributed by atoms with E-state index in [1.807, 2.05) is 92.6 Å². The van der Waals surface area contributed by atoms with Crippen LogP contribution in [0.5, 0.6) is 5.75 Å². The zero-order valence-corrected chi connectivity index (χ0v) is 21.0. The molecule has 1 amide bonds. The Morgan fingerprint density at radius 2 is 1.72 bits per heavy atom. The monoisotopic (exact) mass is 484 g/mol. The summed E-state index contributed by atoms with van der Waals surface area (Å²) in [6, 6.07) is 23.9. The number of hydrogen-bond donors (Lipinski definition) is 1. The van der Waals surface area contributed by atoms with Crippen molar-refractivity contribution in [2.45, 2.75) is 32.2 Å². The second-order valence-corrected chi connectivity index (χ2v) is 9.08. The standard InChI is InChI=1S/C30H32N2O4/c1-4-19-36-25-12-8-11-24(20-25)32-28(22-14-16-23(17-15-22)31(2)3)27(29(34)30(32)35)26(33)18-13-21-9-6-5-7-10-21/h5-12,14-17,20,28,34H,4,13,18-19H2,1-3H3. The molecule has 3 aromatic rings. The van der Waals surface area contributed by atoms with E-state index in [-0.39, 0.29) is 17.8 Å². The number of hydrogen-bond acceptors (Lipinski definition) is 5.